The van der Waals surface area contributed by atoms with Gasteiger partial charge in [-0.05, 0) is 38.5 Å². The number of carboxylic acid groups (broad SMARTS) is 1. The van der Waals surface area contributed by atoms with E-state index in [2.05, 4.69) is 22.2 Å². The highest BCUT2D eigenvalue weighted by atomic mass is 16.4. The minimum atomic E-state index is -1.17. The molecule has 0 unspecified atom stereocenters. The van der Waals surface area contributed by atoms with E-state index in [9.17, 15) is 14.7 Å². The third-order valence-electron chi connectivity index (χ3n) is 3.90. The SMILES string of the molecule is Cc1cnc(C(=O)NC2(C(=O)O)CCC(C)CC2)cn1. The van der Waals surface area contributed by atoms with Crippen molar-refractivity contribution in [2.24, 2.45) is 5.92 Å². The monoisotopic (exact) mass is 277 g/mol. The molecule has 1 fully saturated rings. The van der Waals surface area contributed by atoms with E-state index < -0.39 is 17.4 Å². The first kappa shape index (κ1) is 14.4. The molecule has 108 valence electrons. The van der Waals surface area contributed by atoms with Gasteiger partial charge in [-0.3, -0.25) is 9.78 Å². The number of nitrogens with one attached hydrogen (secondary N) is 1. The molecule has 1 aliphatic rings. The number of aromatic nitrogens is 2. The Morgan fingerprint density at radius 3 is 2.45 bits per heavy atom. The molecule has 1 aliphatic carbocycles. The van der Waals surface area contributed by atoms with Crippen molar-refractivity contribution in [1.82, 2.24) is 15.3 Å². The molecule has 1 aromatic heterocycles. The van der Waals surface area contributed by atoms with Crippen LogP contribution < -0.4 is 5.32 Å². The topological polar surface area (TPSA) is 92.2 Å². The smallest absolute Gasteiger partial charge is 0.329 e. The number of amides is 1. The molecule has 2 N–H and O–H groups in total. The normalized spacial score (nSPS) is 26.0. The second kappa shape index (κ2) is 5.56. The van der Waals surface area contributed by atoms with Gasteiger partial charge in [0.15, 0.2) is 0 Å². The number of carbonyl (C=O) groups is 2. The molecule has 0 atom stereocenters. The maximum Gasteiger partial charge on any atom is 0.329 e. The third kappa shape index (κ3) is 2.95. The maximum absolute atomic E-state index is 12.1. The average molecular weight is 277 g/mol. The molecule has 1 saturated carbocycles. The Hall–Kier alpha value is -1.98. The Kier molecular flexibility index (Phi) is 4.01. The molecule has 0 aromatic carbocycles. The first-order valence-corrected chi connectivity index (χ1v) is 6.77. The van der Waals surface area contributed by atoms with E-state index in [4.69, 9.17) is 0 Å². The lowest BCUT2D eigenvalue weighted by Crippen LogP contribution is -2.56. The first-order chi connectivity index (χ1) is 9.43. The van der Waals surface area contributed by atoms with Gasteiger partial charge in [0.2, 0.25) is 0 Å². The van der Waals surface area contributed by atoms with Crippen LogP contribution in [-0.2, 0) is 4.79 Å². The molecule has 6 nitrogen and oxygen atoms in total. The molecule has 0 spiro atoms. The van der Waals surface area contributed by atoms with Crippen LogP contribution in [0.15, 0.2) is 12.4 Å². The second-order valence-electron chi connectivity index (χ2n) is 5.57. The second-order valence-corrected chi connectivity index (χ2v) is 5.57. The summed E-state index contributed by atoms with van der Waals surface area (Å²) in [5, 5.41) is 12.1. The van der Waals surface area contributed by atoms with Gasteiger partial charge >= 0.3 is 5.97 Å². The summed E-state index contributed by atoms with van der Waals surface area (Å²) >= 11 is 0. The van der Waals surface area contributed by atoms with Crippen molar-refractivity contribution in [2.75, 3.05) is 0 Å². The van der Waals surface area contributed by atoms with Crippen LogP contribution in [0, 0.1) is 12.8 Å². The fourth-order valence-corrected chi connectivity index (χ4v) is 2.44. The summed E-state index contributed by atoms with van der Waals surface area (Å²) < 4.78 is 0. The lowest BCUT2D eigenvalue weighted by Gasteiger charge is -2.36. The number of carboxylic acids is 1. The van der Waals surface area contributed by atoms with E-state index in [0.717, 1.165) is 12.8 Å². The summed E-state index contributed by atoms with van der Waals surface area (Å²) in [5.41, 5.74) is -0.313. The van der Waals surface area contributed by atoms with Gasteiger partial charge in [-0.2, -0.15) is 0 Å². The van der Waals surface area contributed by atoms with Gasteiger partial charge in [-0.25, -0.2) is 9.78 Å². The quantitative estimate of drug-likeness (QED) is 0.874. The van der Waals surface area contributed by atoms with Crippen LogP contribution in [0.25, 0.3) is 0 Å². The molecule has 1 aromatic rings. The predicted octanol–water partition coefficient (Wildman–Crippen LogP) is 1.55. The zero-order valence-electron chi connectivity index (χ0n) is 11.7. The Balaban J connectivity index is 2.14. The number of aliphatic carboxylic acids is 1. The summed E-state index contributed by atoms with van der Waals surface area (Å²) in [6.45, 7) is 3.87. The number of hydrogen-bond donors (Lipinski definition) is 2. The van der Waals surface area contributed by atoms with Crippen LogP contribution in [0.2, 0.25) is 0 Å². The number of hydrogen-bond acceptors (Lipinski definition) is 4. The lowest BCUT2D eigenvalue weighted by molar-refractivity contribution is -0.146. The summed E-state index contributed by atoms with van der Waals surface area (Å²) in [6, 6.07) is 0. The summed E-state index contributed by atoms with van der Waals surface area (Å²) in [5.74, 6) is -0.953. The zero-order valence-corrected chi connectivity index (χ0v) is 11.7. The summed E-state index contributed by atoms with van der Waals surface area (Å²) in [7, 11) is 0. The molecule has 0 saturated heterocycles. The Morgan fingerprint density at radius 2 is 1.95 bits per heavy atom. The van der Waals surface area contributed by atoms with Crippen LogP contribution in [-0.4, -0.2) is 32.5 Å². The molecule has 6 heteroatoms. The van der Waals surface area contributed by atoms with E-state index in [1.807, 2.05) is 0 Å². The first-order valence-electron chi connectivity index (χ1n) is 6.77. The molecule has 0 radical (unpaired) electrons. The van der Waals surface area contributed by atoms with Gasteiger partial charge in [0.05, 0.1) is 11.9 Å². The minimum Gasteiger partial charge on any atom is -0.480 e. The molecular formula is C14H19N3O3. The summed E-state index contributed by atoms with van der Waals surface area (Å²) in [4.78, 5) is 31.7. The molecular weight excluding hydrogens is 258 g/mol. The number of carbonyl (C=O) groups excluding carboxylic acids is 1. The van der Waals surface area contributed by atoms with E-state index in [1.165, 1.54) is 12.4 Å². The van der Waals surface area contributed by atoms with Crippen molar-refractivity contribution in [3.63, 3.8) is 0 Å². The predicted molar refractivity (Wildman–Crippen MR) is 72.2 cm³/mol. The van der Waals surface area contributed by atoms with E-state index in [0.29, 0.717) is 24.5 Å². The Morgan fingerprint density at radius 1 is 1.30 bits per heavy atom. The van der Waals surface area contributed by atoms with Crippen molar-refractivity contribution in [3.8, 4) is 0 Å². The van der Waals surface area contributed by atoms with Crippen LogP contribution in [0.4, 0.5) is 0 Å². The fraction of sp³-hybridized carbons (Fsp3) is 0.571. The van der Waals surface area contributed by atoms with Crippen LogP contribution in [0.5, 0.6) is 0 Å². The van der Waals surface area contributed by atoms with Crippen molar-refractivity contribution in [1.29, 1.82) is 0 Å². The van der Waals surface area contributed by atoms with E-state index >= 15 is 0 Å². The number of nitrogens with zero attached hydrogens (tertiary/aromatic N) is 2. The number of rotatable bonds is 3. The molecule has 1 amide bonds. The average Bonchev–Trinajstić information content (AvgIpc) is 2.42. The molecule has 0 bridgehead atoms. The highest BCUT2D eigenvalue weighted by molar-refractivity contribution is 5.96. The van der Waals surface area contributed by atoms with Gasteiger partial charge < -0.3 is 10.4 Å². The van der Waals surface area contributed by atoms with Crippen molar-refractivity contribution >= 4 is 11.9 Å². The highest BCUT2D eigenvalue weighted by Crippen LogP contribution is 2.32. The van der Waals surface area contributed by atoms with Crippen LogP contribution in [0.3, 0.4) is 0 Å². The highest BCUT2D eigenvalue weighted by Gasteiger charge is 2.42. The third-order valence-corrected chi connectivity index (χ3v) is 3.90. The molecule has 1 heterocycles. The van der Waals surface area contributed by atoms with Crippen LogP contribution in [0.1, 0.15) is 48.8 Å². The lowest BCUT2D eigenvalue weighted by atomic mass is 9.77. The van der Waals surface area contributed by atoms with Gasteiger partial charge in [0, 0.05) is 6.20 Å². The van der Waals surface area contributed by atoms with Gasteiger partial charge in [-0.15, -0.1) is 0 Å². The zero-order chi connectivity index (χ0) is 14.8. The largest absolute Gasteiger partial charge is 0.480 e. The Labute approximate surface area is 117 Å². The van der Waals surface area contributed by atoms with Gasteiger partial charge in [-0.1, -0.05) is 6.92 Å². The van der Waals surface area contributed by atoms with Crippen molar-refractivity contribution in [2.45, 2.75) is 45.1 Å². The maximum atomic E-state index is 12.1. The Bertz CT molecular complexity index is 505. The van der Waals surface area contributed by atoms with Gasteiger partial charge in [0.1, 0.15) is 11.2 Å². The molecule has 0 aliphatic heterocycles. The summed E-state index contributed by atoms with van der Waals surface area (Å²) in [6.07, 6.45) is 5.36. The molecule has 20 heavy (non-hydrogen) atoms. The minimum absolute atomic E-state index is 0.148. The van der Waals surface area contributed by atoms with E-state index in [-0.39, 0.29) is 5.69 Å². The van der Waals surface area contributed by atoms with Crippen molar-refractivity contribution < 1.29 is 14.7 Å². The number of aryl methyl sites for hydroxylation is 1. The van der Waals surface area contributed by atoms with Crippen LogP contribution >= 0.6 is 0 Å². The standard InChI is InChI=1S/C14H19N3O3/c1-9-3-5-14(6-4-9,13(19)20)17-12(18)11-8-15-10(2)7-16-11/h7-9H,3-6H2,1-2H3,(H,17,18)(H,19,20). The van der Waals surface area contributed by atoms with E-state index in [1.54, 1.807) is 6.92 Å². The molecule has 2 rings (SSSR count). The fourth-order valence-electron chi connectivity index (χ4n) is 2.44. The van der Waals surface area contributed by atoms with Gasteiger partial charge in [0.25, 0.3) is 5.91 Å². The van der Waals surface area contributed by atoms with Crippen molar-refractivity contribution in [3.05, 3.63) is 23.8 Å².